The summed E-state index contributed by atoms with van der Waals surface area (Å²) >= 11 is 0. The molecule has 2 aromatic carbocycles. The minimum Gasteiger partial charge on any atom is -0.481 e. The molecule has 6 nitrogen and oxygen atoms in total. The van der Waals surface area contributed by atoms with Crippen molar-refractivity contribution in [3.05, 3.63) is 52.1 Å². The molecule has 100 valence electrons. The first-order valence-corrected chi connectivity index (χ1v) is 5.87. The van der Waals surface area contributed by atoms with Crippen LogP contribution in [0.4, 0.5) is 5.88 Å². The van der Waals surface area contributed by atoms with Crippen molar-refractivity contribution in [3.63, 3.8) is 0 Å². The third kappa shape index (κ3) is 1.78. The summed E-state index contributed by atoms with van der Waals surface area (Å²) in [7, 11) is 0. The number of hydrogen-bond donors (Lipinski definition) is 1. The maximum Gasteiger partial charge on any atom is 0.438 e. The van der Waals surface area contributed by atoms with Crippen LogP contribution in [0.25, 0.3) is 21.7 Å². The highest BCUT2D eigenvalue weighted by molar-refractivity contribution is 6.09. The predicted molar refractivity (Wildman–Crippen MR) is 71.7 cm³/mol. The molecule has 0 radical (unpaired) electrons. The lowest BCUT2D eigenvalue weighted by atomic mass is 10.0. The number of carbonyl (C=O) groups is 1. The van der Waals surface area contributed by atoms with Crippen molar-refractivity contribution in [2.75, 3.05) is 0 Å². The highest BCUT2D eigenvalue weighted by Gasteiger charge is 2.26. The number of nitro groups is 1. The van der Waals surface area contributed by atoms with Gasteiger partial charge in [0, 0.05) is 5.39 Å². The van der Waals surface area contributed by atoms with Gasteiger partial charge in [0.1, 0.15) is 10.5 Å². The molecule has 0 aliphatic carbocycles. The Kier molecular flexibility index (Phi) is 2.64. The molecule has 0 fully saturated rings. The highest BCUT2D eigenvalue weighted by atomic mass is 16.6. The minimum absolute atomic E-state index is 0.106. The molecule has 3 rings (SSSR count). The second-order valence-electron chi connectivity index (χ2n) is 4.37. The van der Waals surface area contributed by atoms with E-state index < -0.39 is 23.2 Å². The number of fused-ring (bicyclic) bond motifs is 3. The molecule has 0 aliphatic heterocycles. The minimum atomic E-state index is -1.14. The van der Waals surface area contributed by atoms with Crippen LogP contribution in [0.3, 0.4) is 0 Å². The molecule has 0 bridgehead atoms. The van der Waals surface area contributed by atoms with E-state index in [1.54, 1.807) is 24.3 Å². The molecular weight excluding hydrogens is 262 g/mol. The van der Waals surface area contributed by atoms with E-state index in [-0.39, 0.29) is 5.56 Å². The van der Waals surface area contributed by atoms with Crippen LogP contribution >= 0.6 is 0 Å². The highest BCUT2D eigenvalue weighted by Crippen LogP contribution is 2.36. The van der Waals surface area contributed by atoms with Gasteiger partial charge in [-0.1, -0.05) is 30.3 Å². The smallest absolute Gasteiger partial charge is 0.438 e. The molecule has 1 heterocycles. The first-order valence-electron chi connectivity index (χ1n) is 5.87. The molecule has 0 aliphatic rings. The van der Waals surface area contributed by atoms with E-state index in [1.165, 1.54) is 0 Å². The number of nitrogens with zero attached hydrogens (tertiary/aromatic N) is 1. The molecule has 0 saturated carbocycles. The number of benzene rings is 2. The fourth-order valence-electron chi connectivity index (χ4n) is 2.38. The van der Waals surface area contributed by atoms with Gasteiger partial charge in [0.2, 0.25) is 0 Å². The van der Waals surface area contributed by atoms with Gasteiger partial charge in [0.15, 0.2) is 0 Å². The third-order valence-electron chi connectivity index (χ3n) is 3.15. The molecule has 1 aromatic heterocycles. The zero-order chi connectivity index (χ0) is 14.3. The van der Waals surface area contributed by atoms with E-state index in [9.17, 15) is 14.9 Å². The Hall–Kier alpha value is -2.89. The summed E-state index contributed by atoms with van der Waals surface area (Å²) in [5.41, 5.74) is 0.431. The second kappa shape index (κ2) is 4.34. The largest absolute Gasteiger partial charge is 0.481 e. The Labute approximate surface area is 112 Å². The van der Waals surface area contributed by atoms with Crippen LogP contribution in [-0.2, 0) is 11.2 Å². The van der Waals surface area contributed by atoms with Crippen LogP contribution < -0.4 is 0 Å². The van der Waals surface area contributed by atoms with E-state index in [2.05, 4.69) is 0 Å². The molecule has 6 heteroatoms. The van der Waals surface area contributed by atoms with Crippen molar-refractivity contribution in [1.82, 2.24) is 0 Å². The normalized spacial score (nSPS) is 11.0. The average molecular weight is 271 g/mol. The second-order valence-corrected chi connectivity index (χ2v) is 4.37. The zero-order valence-electron chi connectivity index (χ0n) is 10.2. The number of carboxylic acid groups (broad SMARTS) is 1. The van der Waals surface area contributed by atoms with Crippen molar-refractivity contribution in [2.45, 2.75) is 6.42 Å². The van der Waals surface area contributed by atoms with Gasteiger partial charge in [-0.3, -0.25) is 14.9 Å². The number of furan rings is 1. The SMILES string of the molecule is O=C(O)Cc1c([N+](=O)[O-])oc2ccc3ccccc3c12. The summed E-state index contributed by atoms with van der Waals surface area (Å²) in [4.78, 5) is 21.3. The van der Waals surface area contributed by atoms with Gasteiger partial charge < -0.3 is 9.52 Å². The molecule has 20 heavy (non-hydrogen) atoms. The number of carboxylic acids is 1. The first kappa shape index (κ1) is 12.2. The summed E-state index contributed by atoms with van der Waals surface area (Å²) in [5.74, 6) is -1.64. The van der Waals surface area contributed by atoms with Crippen molar-refractivity contribution in [2.24, 2.45) is 0 Å². The topological polar surface area (TPSA) is 93.6 Å². The number of rotatable bonds is 3. The molecule has 3 aromatic rings. The Morgan fingerprint density at radius 1 is 1.25 bits per heavy atom. The standard InChI is InChI=1S/C14H9NO5/c16-12(17)7-10-13-9-4-2-1-3-8(9)5-6-11(13)20-14(10)15(18)19/h1-6H,7H2,(H,16,17). The van der Waals surface area contributed by atoms with Gasteiger partial charge in [-0.25, -0.2) is 0 Å². The van der Waals surface area contributed by atoms with Gasteiger partial charge in [-0.2, -0.15) is 0 Å². The van der Waals surface area contributed by atoms with Gasteiger partial charge >= 0.3 is 11.9 Å². The summed E-state index contributed by atoms with van der Waals surface area (Å²) in [6.45, 7) is 0. The van der Waals surface area contributed by atoms with Crippen LogP contribution in [0.5, 0.6) is 0 Å². The molecule has 1 N–H and O–H groups in total. The maximum absolute atomic E-state index is 11.0. The number of hydrogen-bond acceptors (Lipinski definition) is 4. The molecule has 0 unspecified atom stereocenters. The predicted octanol–water partition coefficient (Wildman–Crippen LogP) is 3.12. The van der Waals surface area contributed by atoms with Crippen LogP contribution in [0.2, 0.25) is 0 Å². The van der Waals surface area contributed by atoms with Gasteiger partial charge in [0.25, 0.3) is 0 Å². The summed E-state index contributed by atoms with van der Waals surface area (Å²) in [5, 5.41) is 22.1. The van der Waals surface area contributed by atoms with E-state index >= 15 is 0 Å². The molecular formula is C14H9NO5. The fourth-order valence-corrected chi connectivity index (χ4v) is 2.38. The quantitative estimate of drug-likeness (QED) is 0.583. The molecule has 0 atom stereocenters. The van der Waals surface area contributed by atoms with Gasteiger partial charge in [0.05, 0.1) is 12.0 Å². The summed E-state index contributed by atoms with van der Waals surface area (Å²) in [6, 6.07) is 10.7. The Morgan fingerprint density at radius 2 is 2.00 bits per heavy atom. The van der Waals surface area contributed by atoms with Crippen molar-refractivity contribution in [1.29, 1.82) is 0 Å². The Bertz CT molecular complexity index is 849. The summed E-state index contributed by atoms with van der Waals surface area (Å²) < 4.78 is 5.21. The van der Waals surface area contributed by atoms with Gasteiger partial charge in [-0.05, 0) is 16.8 Å². The van der Waals surface area contributed by atoms with Crippen molar-refractivity contribution < 1.29 is 19.2 Å². The molecule has 0 amide bonds. The Balaban J connectivity index is 2.45. The van der Waals surface area contributed by atoms with Crippen LogP contribution in [0.1, 0.15) is 5.56 Å². The summed E-state index contributed by atoms with van der Waals surface area (Å²) in [6.07, 6.45) is -0.447. The van der Waals surface area contributed by atoms with E-state index in [1.807, 2.05) is 12.1 Å². The van der Waals surface area contributed by atoms with Crippen molar-refractivity contribution >= 4 is 33.6 Å². The van der Waals surface area contributed by atoms with E-state index in [0.29, 0.717) is 11.0 Å². The van der Waals surface area contributed by atoms with E-state index in [0.717, 1.165) is 10.8 Å². The van der Waals surface area contributed by atoms with Gasteiger partial charge in [-0.15, -0.1) is 0 Å². The van der Waals surface area contributed by atoms with Crippen molar-refractivity contribution in [3.8, 4) is 0 Å². The van der Waals surface area contributed by atoms with Crippen LogP contribution in [-0.4, -0.2) is 16.0 Å². The van der Waals surface area contributed by atoms with Crippen LogP contribution in [0, 0.1) is 10.1 Å². The monoisotopic (exact) mass is 271 g/mol. The van der Waals surface area contributed by atoms with Crippen LogP contribution in [0.15, 0.2) is 40.8 Å². The third-order valence-corrected chi connectivity index (χ3v) is 3.15. The average Bonchev–Trinajstić information content (AvgIpc) is 2.77. The lowest BCUT2D eigenvalue weighted by Gasteiger charge is -1.99. The Morgan fingerprint density at radius 3 is 2.70 bits per heavy atom. The first-order chi connectivity index (χ1) is 9.58. The fraction of sp³-hybridized carbons (Fsp3) is 0.0714. The molecule has 0 spiro atoms. The van der Waals surface area contributed by atoms with E-state index in [4.69, 9.17) is 9.52 Å². The zero-order valence-corrected chi connectivity index (χ0v) is 10.2. The molecule has 0 saturated heterocycles. The lowest BCUT2D eigenvalue weighted by Crippen LogP contribution is -2.02. The maximum atomic E-state index is 11.0. The lowest BCUT2D eigenvalue weighted by molar-refractivity contribution is -0.402. The number of aliphatic carboxylic acids is 1.